The first kappa shape index (κ1) is 4.73. The van der Waals surface area contributed by atoms with Crippen LogP contribution in [0.1, 0.15) is 0 Å². The summed E-state index contributed by atoms with van der Waals surface area (Å²) in [5.74, 6) is 0. The Morgan fingerprint density at radius 3 is 2.29 bits per heavy atom. The van der Waals surface area contributed by atoms with Crippen molar-refractivity contribution >= 4 is 24.4 Å². The zero-order chi connectivity index (χ0) is 5.28. The molecule has 0 radical (unpaired) electrons. The quantitative estimate of drug-likeness (QED) is 0.527. The lowest BCUT2D eigenvalue weighted by atomic mass is 11.3. The number of aromatic nitrogens is 2. The highest BCUT2D eigenvalue weighted by atomic mass is 32.1. The third kappa shape index (κ3) is 0.971. The van der Waals surface area contributed by atoms with Gasteiger partial charge in [0, 0.05) is 0 Å². The van der Waals surface area contributed by atoms with Gasteiger partial charge in [-0.15, -0.1) is 0 Å². The molecule has 0 amide bonds. The van der Waals surface area contributed by atoms with E-state index >= 15 is 0 Å². The number of rotatable bonds is 0. The van der Waals surface area contributed by atoms with Crippen LogP contribution in [-0.4, -0.2) is 10.1 Å². The third-order valence-corrected chi connectivity index (χ3v) is 0.823. The van der Waals surface area contributed by atoms with E-state index in [0.717, 1.165) is 0 Å². The monoisotopic (exact) mass is 134 g/mol. The predicted molar refractivity (Wildman–Crippen MR) is 29.1 cm³/mol. The maximum absolute atomic E-state index is 4.56. The van der Waals surface area contributed by atoms with Crippen molar-refractivity contribution in [2.45, 2.75) is 0 Å². The van der Waals surface area contributed by atoms with Crippen molar-refractivity contribution < 1.29 is 4.52 Å². The van der Waals surface area contributed by atoms with Gasteiger partial charge in [0.15, 0.2) is 0 Å². The van der Waals surface area contributed by atoms with Crippen LogP contribution in [0.15, 0.2) is 4.52 Å². The van der Waals surface area contributed by atoms with E-state index in [1.165, 1.54) is 0 Å². The Balaban J connectivity index is 3.59. The van der Waals surface area contributed by atoms with E-state index in [1.807, 2.05) is 0 Å². The van der Waals surface area contributed by atoms with Crippen molar-refractivity contribution in [2.24, 2.45) is 0 Å². The molecule has 1 heterocycles. The van der Waals surface area contributed by atoms with Crippen molar-refractivity contribution in [2.75, 3.05) is 0 Å². The molecule has 38 valence electrons. The highest BCUT2D eigenvalue weighted by Gasteiger charge is 1.75. The average molecular weight is 134 g/mol. The van der Waals surface area contributed by atoms with E-state index in [9.17, 15) is 0 Å². The zero-order valence-corrected chi connectivity index (χ0v) is 4.86. The molecule has 7 heavy (non-hydrogen) atoms. The van der Waals surface area contributed by atoms with Crippen LogP contribution in [0.25, 0.3) is 0 Å². The maximum atomic E-state index is 4.56. The van der Waals surface area contributed by atoms with Gasteiger partial charge in [-0.3, -0.25) is 4.98 Å². The molecule has 0 atom stereocenters. The van der Waals surface area contributed by atoms with Crippen molar-refractivity contribution in [1.82, 2.24) is 10.1 Å². The molecule has 1 aromatic rings. The van der Waals surface area contributed by atoms with Gasteiger partial charge < -0.3 is 4.52 Å². The van der Waals surface area contributed by atoms with E-state index in [2.05, 4.69) is 39.1 Å². The summed E-state index contributed by atoms with van der Waals surface area (Å²) in [6.45, 7) is 0. The fourth-order valence-corrected chi connectivity index (χ4v) is 0.579. The molecular formula is C2H2N2OS2. The van der Waals surface area contributed by atoms with Gasteiger partial charge in [-0.2, -0.15) is 5.16 Å². The maximum Gasteiger partial charge on any atom is 0.292 e. The Kier molecular flexibility index (Phi) is 1.07. The number of aromatic amines is 2. The van der Waals surface area contributed by atoms with Crippen LogP contribution in [0.2, 0.25) is 0 Å². The standard InChI is InChI=1S/C2H2N2OS2/c6-1-3-2(7)5-4-1/h(H2,3,4,6,7). The lowest BCUT2D eigenvalue weighted by Crippen LogP contribution is -1.56. The molecule has 0 bridgehead atoms. The minimum atomic E-state index is 0.282. The van der Waals surface area contributed by atoms with Crippen LogP contribution in [-0.2, 0) is 0 Å². The lowest BCUT2D eigenvalue weighted by molar-refractivity contribution is 0.402. The van der Waals surface area contributed by atoms with Gasteiger partial charge in [-0.1, -0.05) is 0 Å². The molecule has 3 nitrogen and oxygen atoms in total. The molecule has 0 saturated heterocycles. The van der Waals surface area contributed by atoms with Gasteiger partial charge in [-0.05, 0) is 24.4 Å². The third-order valence-electron chi connectivity index (χ3n) is 0.452. The summed E-state index contributed by atoms with van der Waals surface area (Å²) in [6, 6.07) is 0. The Hall–Kier alpha value is -0.420. The first-order chi connectivity index (χ1) is 3.29. The van der Waals surface area contributed by atoms with Crippen molar-refractivity contribution in [1.29, 1.82) is 0 Å². The molecule has 5 heteroatoms. The zero-order valence-electron chi connectivity index (χ0n) is 3.22. The van der Waals surface area contributed by atoms with Gasteiger partial charge in [-0.25, -0.2) is 0 Å². The number of H-pyrrole nitrogens is 2. The second-order valence-electron chi connectivity index (χ2n) is 0.946. The highest BCUT2D eigenvalue weighted by Crippen LogP contribution is 1.80. The largest absolute Gasteiger partial charge is 0.349 e. The van der Waals surface area contributed by atoms with E-state index in [1.54, 1.807) is 0 Å². The lowest BCUT2D eigenvalue weighted by Gasteiger charge is -1.54. The van der Waals surface area contributed by atoms with E-state index in [-0.39, 0.29) is 4.84 Å². The van der Waals surface area contributed by atoms with Crippen LogP contribution >= 0.6 is 24.4 Å². The molecular weight excluding hydrogens is 132 g/mol. The molecule has 0 fully saturated rings. The molecule has 0 unspecified atom stereocenters. The minimum absolute atomic E-state index is 0.282. The molecule has 1 rings (SSSR count). The first-order valence-corrected chi connectivity index (χ1v) is 2.38. The molecule has 0 saturated carbocycles. The average Bonchev–Trinajstić information content (AvgIpc) is 1.87. The second kappa shape index (κ2) is 1.59. The molecule has 0 aliphatic carbocycles. The van der Waals surface area contributed by atoms with E-state index in [0.29, 0.717) is 4.77 Å². The number of hydrogen-bond acceptors (Lipinski definition) is 3. The van der Waals surface area contributed by atoms with Crippen molar-refractivity contribution in [3.05, 3.63) is 9.61 Å². The molecule has 0 aliphatic rings. The predicted octanol–water partition coefficient (Wildman–Crippen LogP) is 1.39. The fourth-order valence-electron chi connectivity index (χ4n) is 0.236. The first-order valence-electron chi connectivity index (χ1n) is 1.57. The summed E-state index contributed by atoms with van der Waals surface area (Å²) in [5, 5.41) is 2.35. The summed E-state index contributed by atoms with van der Waals surface area (Å²) >= 11 is 9.07. The van der Waals surface area contributed by atoms with E-state index < -0.39 is 0 Å². The topological polar surface area (TPSA) is 44.7 Å². The van der Waals surface area contributed by atoms with Gasteiger partial charge in [0.1, 0.15) is 0 Å². The van der Waals surface area contributed by atoms with Crippen LogP contribution in [0.5, 0.6) is 0 Å². The van der Waals surface area contributed by atoms with Crippen LogP contribution < -0.4 is 0 Å². The van der Waals surface area contributed by atoms with Gasteiger partial charge in [0.2, 0.25) is 4.77 Å². The molecule has 2 N–H and O–H groups in total. The minimum Gasteiger partial charge on any atom is -0.349 e. The highest BCUT2D eigenvalue weighted by molar-refractivity contribution is 7.71. The summed E-state index contributed by atoms with van der Waals surface area (Å²) < 4.78 is 4.92. The van der Waals surface area contributed by atoms with Gasteiger partial charge >= 0.3 is 0 Å². The van der Waals surface area contributed by atoms with Gasteiger partial charge in [0.25, 0.3) is 4.84 Å². The van der Waals surface area contributed by atoms with E-state index in [4.69, 9.17) is 0 Å². The SMILES string of the molecule is S=c1[nH]oc(=S)[nH]1. The summed E-state index contributed by atoms with van der Waals surface area (Å²) in [5.41, 5.74) is 0. The van der Waals surface area contributed by atoms with Crippen LogP contribution in [0.3, 0.4) is 0 Å². The molecule has 1 aromatic heterocycles. The Bertz CT molecular complexity index is 218. The number of nitrogens with one attached hydrogen (secondary N) is 2. The summed E-state index contributed by atoms with van der Waals surface area (Å²) in [7, 11) is 0. The van der Waals surface area contributed by atoms with Crippen LogP contribution in [0.4, 0.5) is 0 Å². The Labute approximate surface area is 49.3 Å². The fraction of sp³-hybridized carbons (Fsp3) is 0. The normalized spacial score (nSPS) is 9.14. The Morgan fingerprint density at radius 2 is 2.14 bits per heavy atom. The van der Waals surface area contributed by atoms with Crippen molar-refractivity contribution in [3.63, 3.8) is 0 Å². The summed E-state index contributed by atoms with van der Waals surface area (Å²) in [4.78, 5) is 2.83. The Morgan fingerprint density at radius 1 is 1.43 bits per heavy atom. The second-order valence-corrected chi connectivity index (χ2v) is 1.72. The summed E-state index contributed by atoms with van der Waals surface area (Å²) in [6.07, 6.45) is 0. The van der Waals surface area contributed by atoms with Crippen molar-refractivity contribution in [3.8, 4) is 0 Å². The van der Waals surface area contributed by atoms with Gasteiger partial charge in [0.05, 0.1) is 0 Å². The molecule has 0 spiro atoms. The molecule has 0 aromatic carbocycles. The number of hydrogen-bond donors (Lipinski definition) is 2. The smallest absolute Gasteiger partial charge is 0.292 e. The van der Waals surface area contributed by atoms with Crippen LogP contribution in [0, 0.1) is 9.61 Å². The molecule has 0 aliphatic heterocycles.